The SMILES string of the molecule is Nc1nc2c(ncn2[C@@H]2O[C@H](CO)C(O)[C@H]2O)c(=O)[nH]1. The Morgan fingerprint density at radius 1 is 1.45 bits per heavy atom. The third-order valence-corrected chi connectivity index (χ3v) is 3.24. The number of nitrogens with zero attached hydrogens (tertiary/aromatic N) is 3. The minimum absolute atomic E-state index is 0.0388. The summed E-state index contributed by atoms with van der Waals surface area (Å²) in [6.07, 6.45) is -3.21. The van der Waals surface area contributed by atoms with Crippen LogP contribution in [0.4, 0.5) is 5.95 Å². The summed E-state index contributed by atoms with van der Waals surface area (Å²) in [6, 6.07) is 0. The maximum atomic E-state index is 11.7. The molecular weight excluding hydrogens is 270 g/mol. The zero-order chi connectivity index (χ0) is 14.4. The van der Waals surface area contributed by atoms with E-state index in [1.807, 2.05) is 0 Å². The lowest BCUT2D eigenvalue weighted by Gasteiger charge is -2.16. The van der Waals surface area contributed by atoms with Crippen molar-refractivity contribution in [2.24, 2.45) is 0 Å². The summed E-state index contributed by atoms with van der Waals surface area (Å²) in [4.78, 5) is 21.8. The van der Waals surface area contributed by atoms with Crippen LogP contribution < -0.4 is 11.3 Å². The average Bonchev–Trinajstić information content (AvgIpc) is 2.93. The standard InChI is InChI=1S/C10H13N5O5/c11-10-13-7-4(8(19)14-10)12-2-15(7)9-6(18)5(17)3(1-16)20-9/h2-3,5-6,9,16-18H,1H2,(H3,11,13,14,19)/t3-,5?,6-,9-/m1/s1. The first-order valence-corrected chi connectivity index (χ1v) is 5.87. The Hall–Kier alpha value is -2.01. The number of ether oxygens (including phenoxy) is 1. The maximum Gasteiger partial charge on any atom is 0.280 e. The van der Waals surface area contributed by atoms with E-state index in [9.17, 15) is 15.0 Å². The summed E-state index contributed by atoms with van der Waals surface area (Å²) in [7, 11) is 0. The van der Waals surface area contributed by atoms with Gasteiger partial charge in [0.2, 0.25) is 5.95 Å². The van der Waals surface area contributed by atoms with Crippen LogP contribution >= 0.6 is 0 Å². The number of fused-ring (bicyclic) bond motifs is 1. The molecule has 1 aliphatic heterocycles. The van der Waals surface area contributed by atoms with E-state index in [0.717, 1.165) is 0 Å². The molecule has 2 aromatic rings. The van der Waals surface area contributed by atoms with Crippen molar-refractivity contribution in [1.29, 1.82) is 0 Å². The van der Waals surface area contributed by atoms with Crippen molar-refractivity contribution in [2.75, 3.05) is 12.3 Å². The predicted molar refractivity (Wildman–Crippen MR) is 65.6 cm³/mol. The molecule has 1 saturated heterocycles. The zero-order valence-corrected chi connectivity index (χ0v) is 10.2. The molecule has 3 heterocycles. The topological polar surface area (TPSA) is 160 Å². The highest BCUT2D eigenvalue weighted by Crippen LogP contribution is 2.30. The molecule has 0 bridgehead atoms. The van der Waals surface area contributed by atoms with Crippen molar-refractivity contribution in [3.63, 3.8) is 0 Å². The first kappa shape index (κ1) is 13.0. The largest absolute Gasteiger partial charge is 0.394 e. The monoisotopic (exact) mass is 283 g/mol. The molecule has 0 aliphatic carbocycles. The van der Waals surface area contributed by atoms with Gasteiger partial charge in [-0.3, -0.25) is 14.3 Å². The van der Waals surface area contributed by atoms with Gasteiger partial charge in [-0.2, -0.15) is 4.98 Å². The Balaban J connectivity index is 2.09. The second kappa shape index (κ2) is 4.52. The van der Waals surface area contributed by atoms with Gasteiger partial charge in [-0.1, -0.05) is 0 Å². The highest BCUT2D eigenvalue weighted by molar-refractivity contribution is 5.70. The lowest BCUT2D eigenvalue weighted by molar-refractivity contribution is -0.0511. The summed E-state index contributed by atoms with van der Waals surface area (Å²) in [5.41, 5.74) is 5.12. The van der Waals surface area contributed by atoms with Crippen molar-refractivity contribution in [3.05, 3.63) is 16.7 Å². The number of hydrogen-bond acceptors (Lipinski definition) is 8. The Morgan fingerprint density at radius 2 is 2.20 bits per heavy atom. The van der Waals surface area contributed by atoms with E-state index in [1.165, 1.54) is 10.9 Å². The van der Waals surface area contributed by atoms with Gasteiger partial charge in [0.1, 0.15) is 18.3 Å². The van der Waals surface area contributed by atoms with Gasteiger partial charge in [0.15, 0.2) is 17.4 Å². The van der Waals surface area contributed by atoms with E-state index >= 15 is 0 Å². The minimum atomic E-state index is -1.29. The molecule has 1 unspecified atom stereocenters. The third kappa shape index (κ3) is 1.78. The van der Waals surface area contributed by atoms with E-state index in [2.05, 4.69) is 15.0 Å². The number of nitrogens with two attached hydrogens (primary N) is 1. The first-order valence-electron chi connectivity index (χ1n) is 5.87. The fourth-order valence-corrected chi connectivity index (χ4v) is 2.24. The van der Waals surface area contributed by atoms with Crippen LogP contribution in [0.3, 0.4) is 0 Å². The maximum absolute atomic E-state index is 11.7. The minimum Gasteiger partial charge on any atom is -0.394 e. The Bertz CT molecular complexity index is 697. The van der Waals surface area contributed by atoms with Crippen molar-refractivity contribution in [2.45, 2.75) is 24.5 Å². The predicted octanol–water partition coefficient (Wildman–Crippen LogP) is -2.69. The second-order valence-electron chi connectivity index (χ2n) is 4.50. The number of aliphatic hydroxyl groups excluding tert-OH is 3. The van der Waals surface area contributed by atoms with Gasteiger partial charge in [-0.05, 0) is 0 Å². The number of anilines is 1. The van der Waals surface area contributed by atoms with E-state index < -0.39 is 36.7 Å². The zero-order valence-electron chi connectivity index (χ0n) is 10.2. The van der Waals surface area contributed by atoms with Crippen LogP contribution in [-0.4, -0.2) is 59.8 Å². The summed E-state index contributed by atoms with van der Waals surface area (Å²) < 4.78 is 6.64. The molecule has 2 aromatic heterocycles. The molecule has 10 nitrogen and oxygen atoms in total. The smallest absolute Gasteiger partial charge is 0.280 e. The van der Waals surface area contributed by atoms with E-state index in [-0.39, 0.29) is 17.1 Å². The van der Waals surface area contributed by atoms with Gasteiger partial charge in [0.05, 0.1) is 12.9 Å². The number of aromatic nitrogens is 4. The number of hydrogen-bond donors (Lipinski definition) is 5. The number of rotatable bonds is 2. The van der Waals surface area contributed by atoms with Crippen LogP contribution in [0.25, 0.3) is 11.2 Å². The molecule has 4 atom stereocenters. The van der Waals surface area contributed by atoms with Crippen molar-refractivity contribution in [1.82, 2.24) is 19.5 Å². The molecule has 20 heavy (non-hydrogen) atoms. The summed E-state index contributed by atoms with van der Waals surface area (Å²) in [6.45, 7) is -0.447. The molecular formula is C10H13N5O5. The van der Waals surface area contributed by atoms with Crippen molar-refractivity contribution < 1.29 is 20.1 Å². The molecule has 6 N–H and O–H groups in total. The fourth-order valence-electron chi connectivity index (χ4n) is 2.24. The van der Waals surface area contributed by atoms with Crippen LogP contribution in [-0.2, 0) is 4.74 Å². The average molecular weight is 283 g/mol. The third-order valence-electron chi connectivity index (χ3n) is 3.24. The first-order chi connectivity index (χ1) is 9.52. The van der Waals surface area contributed by atoms with Crippen LogP contribution in [0.5, 0.6) is 0 Å². The van der Waals surface area contributed by atoms with E-state index in [1.54, 1.807) is 0 Å². The number of H-pyrrole nitrogens is 1. The summed E-state index contributed by atoms with van der Waals surface area (Å²) >= 11 is 0. The van der Waals surface area contributed by atoms with Crippen LogP contribution in [0.1, 0.15) is 6.23 Å². The number of aliphatic hydroxyl groups is 3. The van der Waals surface area contributed by atoms with Gasteiger partial charge in [0.25, 0.3) is 5.56 Å². The summed E-state index contributed by atoms with van der Waals surface area (Å²) in [5, 5.41) is 28.7. The number of nitrogens with one attached hydrogen (secondary N) is 1. The quantitative estimate of drug-likeness (QED) is 0.398. The molecule has 108 valence electrons. The fraction of sp³-hybridized carbons (Fsp3) is 0.500. The van der Waals surface area contributed by atoms with Crippen LogP contribution in [0.15, 0.2) is 11.1 Å². The van der Waals surface area contributed by atoms with Gasteiger partial charge in [0, 0.05) is 0 Å². The lowest BCUT2D eigenvalue weighted by Crippen LogP contribution is -2.33. The molecule has 0 radical (unpaired) electrons. The molecule has 0 aromatic carbocycles. The molecule has 3 rings (SSSR count). The van der Waals surface area contributed by atoms with Crippen LogP contribution in [0.2, 0.25) is 0 Å². The molecule has 0 saturated carbocycles. The molecule has 0 amide bonds. The highest BCUT2D eigenvalue weighted by Gasteiger charge is 2.44. The van der Waals surface area contributed by atoms with Crippen molar-refractivity contribution in [3.8, 4) is 0 Å². The second-order valence-corrected chi connectivity index (χ2v) is 4.50. The van der Waals surface area contributed by atoms with Crippen LogP contribution in [0, 0.1) is 0 Å². The van der Waals surface area contributed by atoms with E-state index in [0.29, 0.717) is 0 Å². The van der Waals surface area contributed by atoms with E-state index in [4.69, 9.17) is 15.6 Å². The lowest BCUT2D eigenvalue weighted by atomic mass is 10.1. The number of nitrogen functional groups attached to an aromatic ring is 1. The normalized spacial score (nSPS) is 30.1. The van der Waals surface area contributed by atoms with Gasteiger partial charge >= 0.3 is 0 Å². The Morgan fingerprint density at radius 3 is 2.85 bits per heavy atom. The number of imidazole rings is 1. The molecule has 0 spiro atoms. The van der Waals surface area contributed by atoms with Gasteiger partial charge in [-0.15, -0.1) is 0 Å². The highest BCUT2D eigenvalue weighted by atomic mass is 16.6. The molecule has 10 heteroatoms. The molecule has 1 aliphatic rings. The van der Waals surface area contributed by atoms with Gasteiger partial charge in [-0.25, -0.2) is 4.98 Å². The number of aromatic amines is 1. The summed E-state index contributed by atoms with van der Waals surface area (Å²) in [5.74, 6) is -0.101. The Labute approximate surface area is 111 Å². The van der Waals surface area contributed by atoms with Gasteiger partial charge < -0.3 is 25.8 Å². The van der Waals surface area contributed by atoms with Crippen molar-refractivity contribution >= 4 is 17.1 Å². The molecule has 1 fully saturated rings. The Kier molecular flexibility index (Phi) is 2.94.